The Morgan fingerprint density at radius 2 is 1.72 bits per heavy atom. The van der Waals surface area contributed by atoms with Crippen molar-refractivity contribution in [3.63, 3.8) is 0 Å². The summed E-state index contributed by atoms with van der Waals surface area (Å²) in [5, 5.41) is 9.22. The fourth-order valence-electron chi connectivity index (χ4n) is 4.31. The molecule has 4 rings (SSSR count). The zero-order valence-corrected chi connectivity index (χ0v) is 15.8. The van der Waals surface area contributed by atoms with Crippen LogP contribution in [-0.2, 0) is 14.3 Å². The number of carboxylic acid groups (broad SMARTS) is 1. The van der Waals surface area contributed by atoms with Crippen molar-refractivity contribution in [2.45, 2.75) is 37.3 Å². The van der Waals surface area contributed by atoms with Gasteiger partial charge in [-0.05, 0) is 35.1 Å². The van der Waals surface area contributed by atoms with Crippen LogP contribution in [0.15, 0.2) is 61.2 Å². The topological polar surface area (TPSA) is 83.9 Å². The van der Waals surface area contributed by atoms with Gasteiger partial charge < -0.3 is 9.84 Å². The van der Waals surface area contributed by atoms with Gasteiger partial charge in [0, 0.05) is 12.3 Å². The zero-order chi connectivity index (χ0) is 20.5. The first-order valence-electron chi connectivity index (χ1n) is 9.57. The van der Waals surface area contributed by atoms with Crippen LogP contribution in [0.1, 0.15) is 36.3 Å². The van der Waals surface area contributed by atoms with Gasteiger partial charge in [-0.2, -0.15) is 0 Å². The lowest BCUT2D eigenvalue weighted by atomic mass is 9.91. The smallest absolute Gasteiger partial charge is 0.414 e. The maximum atomic E-state index is 12.6. The van der Waals surface area contributed by atoms with E-state index in [0.29, 0.717) is 11.3 Å². The number of ether oxygens (including phenoxy) is 1. The van der Waals surface area contributed by atoms with Gasteiger partial charge in [0.05, 0.1) is 0 Å². The highest BCUT2D eigenvalue weighted by Crippen LogP contribution is 2.46. The minimum atomic E-state index is -1.43. The summed E-state index contributed by atoms with van der Waals surface area (Å²) < 4.78 is 5.59. The minimum absolute atomic E-state index is 0.0220. The fraction of sp³-hybridized carbons (Fsp3) is 0.261. The van der Waals surface area contributed by atoms with Crippen molar-refractivity contribution in [1.82, 2.24) is 4.90 Å². The summed E-state index contributed by atoms with van der Waals surface area (Å²) in [6, 6.07) is 15.2. The van der Waals surface area contributed by atoms with E-state index in [-0.39, 0.29) is 18.8 Å². The summed E-state index contributed by atoms with van der Waals surface area (Å²) in [7, 11) is 0. The number of likely N-dealkylation sites (tertiary alicyclic amines) is 1. The monoisotopic (exact) mass is 391 g/mol. The van der Waals surface area contributed by atoms with Crippen LogP contribution < -0.4 is 0 Å². The van der Waals surface area contributed by atoms with E-state index in [1.165, 1.54) is 22.3 Å². The number of hydrogen-bond donors (Lipinski definition) is 1. The quantitative estimate of drug-likeness (QED) is 0.616. The van der Waals surface area contributed by atoms with Gasteiger partial charge in [-0.1, -0.05) is 61.2 Å². The SMILES string of the molecule is C=CC(CC1c2ccccc2-c2ccccc21)OC(=O)C1CCC(=O)N1C(=O)O. The average Bonchev–Trinajstić information content (AvgIpc) is 3.26. The molecule has 0 spiro atoms. The second kappa shape index (κ2) is 7.54. The third kappa shape index (κ3) is 3.31. The predicted molar refractivity (Wildman–Crippen MR) is 106 cm³/mol. The molecule has 1 aliphatic heterocycles. The van der Waals surface area contributed by atoms with Gasteiger partial charge in [0.15, 0.2) is 0 Å². The van der Waals surface area contributed by atoms with Crippen LogP contribution in [0.5, 0.6) is 0 Å². The molecule has 6 nitrogen and oxygen atoms in total. The van der Waals surface area contributed by atoms with Crippen molar-refractivity contribution >= 4 is 18.0 Å². The first-order chi connectivity index (χ1) is 14.0. The molecular formula is C23H21NO5. The lowest BCUT2D eigenvalue weighted by Gasteiger charge is -2.23. The number of fused-ring (bicyclic) bond motifs is 3. The average molecular weight is 391 g/mol. The van der Waals surface area contributed by atoms with E-state index in [2.05, 4.69) is 30.8 Å². The standard InChI is InChI=1S/C23H21NO5/c1-2-14(29-22(26)20-11-12-21(25)24(20)23(27)28)13-19-17-9-5-3-7-15(17)16-8-4-6-10-18(16)19/h2-10,14,19-20H,1,11-13H2,(H,27,28). The molecule has 6 heteroatoms. The molecule has 0 radical (unpaired) electrons. The number of benzene rings is 2. The molecular weight excluding hydrogens is 370 g/mol. The first-order valence-corrected chi connectivity index (χ1v) is 9.57. The Bertz CT molecular complexity index is 953. The molecule has 2 aromatic rings. The van der Waals surface area contributed by atoms with Crippen LogP contribution in [0.4, 0.5) is 4.79 Å². The molecule has 2 atom stereocenters. The van der Waals surface area contributed by atoms with Crippen LogP contribution >= 0.6 is 0 Å². The fourth-order valence-corrected chi connectivity index (χ4v) is 4.31. The van der Waals surface area contributed by atoms with Crippen LogP contribution in [0.25, 0.3) is 11.1 Å². The third-order valence-corrected chi connectivity index (χ3v) is 5.65. The number of rotatable bonds is 5. The van der Waals surface area contributed by atoms with E-state index in [0.717, 1.165) is 0 Å². The molecule has 1 heterocycles. The Hall–Kier alpha value is -3.41. The first kappa shape index (κ1) is 18.9. The molecule has 1 aliphatic carbocycles. The summed E-state index contributed by atoms with van der Waals surface area (Å²) in [6.07, 6.45) is 0.193. The van der Waals surface area contributed by atoms with Gasteiger partial charge in [0.25, 0.3) is 0 Å². The molecule has 29 heavy (non-hydrogen) atoms. The van der Waals surface area contributed by atoms with Crippen LogP contribution in [0.2, 0.25) is 0 Å². The summed E-state index contributed by atoms with van der Waals surface area (Å²) in [4.78, 5) is 36.3. The Morgan fingerprint density at radius 1 is 1.14 bits per heavy atom. The summed E-state index contributed by atoms with van der Waals surface area (Å²) in [5.41, 5.74) is 4.67. The number of amides is 2. The minimum Gasteiger partial charge on any atom is -0.465 e. The summed E-state index contributed by atoms with van der Waals surface area (Å²) in [5.74, 6) is -1.24. The largest absolute Gasteiger partial charge is 0.465 e. The number of carbonyl (C=O) groups excluding carboxylic acids is 2. The van der Waals surface area contributed by atoms with Gasteiger partial charge in [-0.3, -0.25) is 4.79 Å². The number of carbonyl (C=O) groups is 3. The molecule has 148 valence electrons. The number of imide groups is 1. The van der Waals surface area contributed by atoms with Crippen molar-refractivity contribution in [3.8, 4) is 11.1 Å². The Morgan fingerprint density at radius 3 is 2.28 bits per heavy atom. The normalized spacial score (nSPS) is 18.8. The lowest BCUT2D eigenvalue weighted by molar-refractivity contribution is -0.154. The molecule has 0 aromatic heterocycles. The van der Waals surface area contributed by atoms with Crippen LogP contribution in [-0.4, -0.2) is 40.1 Å². The van der Waals surface area contributed by atoms with E-state index in [1.807, 2.05) is 24.3 Å². The highest BCUT2D eigenvalue weighted by molar-refractivity contribution is 5.98. The summed E-state index contributed by atoms with van der Waals surface area (Å²) in [6.45, 7) is 3.79. The molecule has 1 saturated heterocycles. The van der Waals surface area contributed by atoms with Gasteiger partial charge in [0.1, 0.15) is 12.1 Å². The van der Waals surface area contributed by atoms with Crippen LogP contribution in [0, 0.1) is 0 Å². The van der Waals surface area contributed by atoms with Crippen molar-refractivity contribution in [1.29, 1.82) is 0 Å². The Kier molecular flexibility index (Phi) is 4.92. The molecule has 2 aliphatic rings. The maximum absolute atomic E-state index is 12.6. The highest BCUT2D eigenvalue weighted by atomic mass is 16.5. The van der Waals surface area contributed by atoms with Crippen molar-refractivity contribution < 1.29 is 24.2 Å². The number of hydrogen-bond acceptors (Lipinski definition) is 4. The van der Waals surface area contributed by atoms with E-state index >= 15 is 0 Å². The molecule has 2 unspecified atom stereocenters. The van der Waals surface area contributed by atoms with Gasteiger partial charge >= 0.3 is 12.1 Å². The molecule has 1 N–H and O–H groups in total. The second-order valence-electron chi connectivity index (χ2n) is 7.27. The molecule has 2 aromatic carbocycles. The molecule has 1 fully saturated rings. The number of esters is 1. The predicted octanol–water partition coefficient (Wildman–Crippen LogP) is 3.96. The third-order valence-electron chi connectivity index (χ3n) is 5.65. The second-order valence-corrected chi connectivity index (χ2v) is 7.27. The van der Waals surface area contributed by atoms with E-state index in [9.17, 15) is 19.5 Å². The van der Waals surface area contributed by atoms with Crippen molar-refractivity contribution in [2.75, 3.05) is 0 Å². The van der Waals surface area contributed by atoms with Crippen LogP contribution in [0.3, 0.4) is 0 Å². The van der Waals surface area contributed by atoms with E-state index < -0.39 is 30.1 Å². The lowest BCUT2D eigenvalue weighted by Crippen LogP contribution is -2.43. The van der Waals surface area contributed by atoms with Gasteiger partial charge in [0.2, 0.25) is 5.91 Å². The Balaban J connectivity index is 1.54. The number of nitrogens with zero attached hydrogens (tertiary/aromatic N) is 1. The molecule has 2 amide bonds. The van der Waals surface area contributed by atoms with Crippen molar-refractivity contribution in [2.24, 2.45) is 0 Å². The Labute approximate surface area is 168 Å². The van der Waals surface area contributed by atoms with E-state index in [1.54, 1.807) is 6.08 Å². The summed E-state index contributed by atoms with van der Waals surface area (Å²) >= 11 is 0. The van der Waals surface area contributed by atoms with Gasteiger partial charge in [-0.15, -0.1) is 0 Å². The molecule has 0 saturated carbocycles. The van der Waals surface area contributed by atoms with Gasteiger partial charge in [-0.25, -0.2) is 14.5 Å². The maximum Gasteiger partial charge on any atom is 0.414 e. The van der Waals surface area contributed by atoms with E-state index in [4.69, 9.17) is 4.74 Å². The van der Waals surface area contributed by atoms with Crippen molar-refractivity contribution in [3.05, 3.63) is 72.3 Å². The zero-order valence-electron chi connectivity index (χ0n) is 15.8. The molecule has 0 bridgehead atoms. The highest BCUT2D eigenvalue weighted by Gasteiger charge is 2.42.